The second kappa shape index (κ2) is 3.69. The zero-order valence-electron chi connectivity index (χ0n) is 6.29. The van der Waals surface area contributed by atoms with E-state index in [1.54, 1.807) is 19.2 Å². The van der Waals surface area contributed by atoms with Crippen LogP contribution in [0.15, 0.2) is 18.3 Å². The second-order valence-corrected chi connectivity index (χ2v) is 2.96. The SMILES string of the molecule is CC(O)Cc1ccc(Cl)cn1. The van der Waals surface area contributed by atoms with Crippen molar-refractivity contribution >= 4 is 11.6 Å². The lowest BCUT2D eigenvalue weighted by Gasteiger charge is -2.01. The van der Waals surface area contributed by atoms with Crippen molar-refractivity contribution in [3.63, 3.8) is 0 Å². The number of pyridine rings is 1. The molecule has 0 bridgehead atoms. The molecule has 0 fully saturated rings. The fraction of sp³-hybridized carbons (Fsp3) is 0.375. The number of rotatable bonds is 2. The number of aliphatic hydroxyl groups is 1. The molecule has 0 aliphatic carbocycles. The first-order valence-corrected chi connectivity index (χ1v) is 3.85. The van der Waals surface area contributed by atoms with Gasteiger partial charge in [-0.05, 0) is 19.1 Å². The fourth-order valence-corrected chi connectivity index (χ4v) is 0.942. The molecule has 1 N–H and O–H groups in total. The molecule has 3 heteroatoms. The number of aliphatic hydroxyl groups excluding tert-OH is 1. The standard InChI is InChI=1S/C8H10ClNO/c1-6(11)4-8-3-2-7(9)5-10-8/h2-3,5-6,11H,4H2,1H3. The number of hydrogen-bond acceptors (Lipinski definition) is 2. The lowest BCUT2D eigenvalue weighted by atomic mass is 10.2. The summed E-state index contributed by atoms with van der Waals surface area (Å²) in [5.74, 6) is 0. The molecule has 1 rings (SSSR count). The maximum atomic E-state index is 9.00. The van der Waals surface area contributed by atoms with Crippen molar-refractivity contribution in [1.82, 2.24) is 4.98 Å². The minimum Gasteiger partial charge on any atom is -0.393 e. The van der Waals surface area contributed by atoms with Crippen LogP contribution in [0.2, 0.25) is 5.02 Å². The Morgan fingerprint density at radius 1 is 1.64 bits per heavy atom. The number of halogens is 1. The molecule has 1 unspecified atom stereocenters. The van der Waals surface area contributed by atoms with E-state index in [1.807, 2.05) is 6.07 Å². The van der Waals surface area contributed by atoms with Gasteiger partial charge in [-0.3, -0.25) is 4.98 Å². The molecule has 0 aliphatic rings. The topological polar surface area (TPSA) is 33.1 Å². The zero-order chi connectivity index (χ0) is 8.27. The van der Waals surface area contributed by atoms with Crippen molar-refractivity contribution < 1.29 is 5.11 Å². The Morgan fingerprint density at radius 2 is 2.36 bits per heavy atom. The summed E-state index contributed by atoms with van der Waals surface area (Å²) in [4.78, 5) is 4.03. The molecule has 1 atom stereocenters. The lowest BCUT2D eigenvalue weighted by Crippen LogP contribution is -2.05. The molecule has 0 saturated carbocycles. The van der Waals surface area contributed by atoms with Crippen molar-refractivity contribution in [2.24, 2.45) is 0 Å². The Morgan fingerprint density at radius 3 is 2.82 bits per heavy atom. The maximum absolute atomic E-state index is 9.00. The summed E-state index contributed by atoms with van der Waals surface area (Å²) in [6, 6.07) is 3.58. The molecule has 0 amide bonds. The summed E-state index contributed by atoms with van der Waals surface area (Å²) < 4.78 is 0. The molecule has 11 heavy (non-hydrogen) atoms. The molecule has 2 nitrogen and oxygen atoms in total. The molecule has 1 aromatic heterocycles. The van der Waals surface area contributed by atoms with Gasteiger partial charge >= 0.3 is 0 Å². The number of aromatic nitrogens is 1. The summed E-state index contributed by atoms with van der Waals surface area (Å²) >= 11 is 5.62. The van der Waals surface area contributed by atoms with E-state index in [1.165, 1.54) is 0 Å². The Balaban J connectivity index is 2.66. The average Bonchev–Trinajstić information content (AvgIpc) is 1.93. The van der Waals surface area contributed by atoms with E-state index in [0.717, 1.165) is 5.69 Å². The van der Waals surface area contributed by atoms with Crippen LogP contribution in [0.4, 0.5) is 0 Å². The van der Waals surface area contributed by atoms with E-state index in [2.05, 4.69) is 4.98 Å². The summed E-state index contributed by atoms with van der Waals surface area (Å²) in [5.41, 5.74) is 0.865. The Kier molecular flexibility index (Phi) is 2.85. The molecule has 0 spiro atoms. The molecule has 0 saturated heterocycles. The molecule has 1 heterocycles. The Labute approximate surface area is 70.8 Å². The van der Waals surface area contributed by atoms with Crippen LogP contribution in [0.1, 0.15) is 12.6 Å². The predicted molar refractivity (Wildman–Crippen MR) is 44.6 cm³/mol. The number of hydrogen-bond donors (Lipinski definition) is 1. The van der Waals surface area contributed by atoms with Crippen LogP contribution in [0.3, 0.4) is 0 Å². The third-order valence-corrected chi connectivity index (χ3v) is 1.52. The summed E-state index contributed by atoms with van der Waals surface area (Å²) in [6.07, 6.45) is 1.82. The van der Waals surface area contributed by atoms with Crippen LogP contribution in [-0.2, 0) is 6.42 Å². The van der Waals surface area contributed by atoms with Gasteiger partial charge in [-0.25, -0.2) is 0 Å². The first kappa shape index (κ1) is 8.50. The predicted octanol–water partition coefficient (Wildman–Crippen LogP) is 1.66. The van der Waals surface area contributed by atoms with Gasteiger partial charge in [-0.2, -0.15) is 0 Å². The van der Waals surface area contributed by atoms with Crippen LogP contribution < -0.4 is 0 Å². The van der Waals surface area contributed by atoms with Gasteiger partial charge in [-0.1, -0.05) is 11.6 Å². The van der Waals surface area contributed by atoms with E-state index in [9.17, 15) is 0 Å². The third-order valence-electron chi connectivity index (χ3n) is 1.29. The highest BCUT2D eigenvalue weighted by Crippen LogP contribution is 2.07. The highest BCUT2D eigenvalue weighted by Gasteiger charge is 1.98. The summed E-state index contributed by atoms with van der Waals surface area (Å²) in [6.45, 7) is 1.73. The van der Waals surface area contributed by atoms with Gasteiger partial charge < -0.3 is 5.11 Å². The van der Waals surface area contributed by atoms with E-state index < -0.39 is 0 Å². The number of nitrogens with zero attached hydrogens (tertiary/aromatic N) is 1. The second-order valence-electron chi connectivity index (χ2n) is 2.52. The molecule has 0 aromatic carbocycles. The zero-order valence-corrected chi connectivity index (χ0v) is 7.04. The van der Waals surface area contributed by atoms with Crippen molar-refractivity contribution in [3.8, 4) is 0 Å². The van der Waals surface area contributed by atoms with E-state index >= 15 is 0 Å². The summed E-state index contributed by atoms with van der Waals surface area (Å²) in [7, 11) is 0. The molecular weight excluding hydrogens is 162 g/mol. The molecule has 60 valence electrons. The van der Waals surface area contributed by atoms with Crippen LogP contribution in [0, 0.1) is 0 Å². The van der Waals surface area contributed by atoms with Crippen LogP contribution in [-0.4, -0.2) is 16.2 Å². The quantitative estimate of drug-likeness (QED) is 0.734. The average molecular weight is 172 g/mol. The van der Waals surface area contributed by atoms with Gasteiger partial charge in [-0.15, -0.1) is 0 Å². The van der Waals surface area contributed by atoms with Crippen LogP contribution in [0.25, 0.3) is 0 Å². The summed E-state index contributed by atoms with van der Waals surface area (Å²) in [5, 5.41) is 9.63. The Hall–Kier alpha value is -0.600. The first-order valence-electron chi connectivity index (χ1n) is 3.47. The van der Waals surface area contributed by atoms with Gasteiger partial charge in [0.05, 0.1) is 11.1 Å². The lowest BCUT2D eigenvalue weighted by molar-refractivity contribution is 0.194. The smallest absolute Gasteiger partial charge is 0.0589 e. The van der Waals surface area contributed by atoms with Crippen molar-refractivity contribution in [3.05, 3.63) is 29.0 Å². The van der Waals surface area contributed by atoms with Gasteiger partial charge in [0.1, 0.15) is 0 Å². The highest BCUT2D eigenvalue weighted by molar-refractivity contribution is 6.30. The molecule has 0 radical (unpaired) electrons. The highest BCUT2D eigenvalue weighted by atomic mass is 35.5. The van der Waals surface area contributed by atoms with E-state index in [4.69, 9.17) is 16.7 Å². The van der Waals surface area contributed by atoms with Crippen LogP contribution in [0.5, 0.6) is 0 Å². The normalized spacial score (nSPS) is 13.0. The molecular formula is C8H10ClNO. The van der Waals surface area contributed by atoms with Crippen LogP contribution >= 0.6 is 11.6 Å². The van der Waals surface area contributed by atoms with E-state index in [-0.39, 0.29) is 6.10 Å². The third kappa shape index (κ3) is 2.87. The fourth-order valence-electron chi connectivity index (χ4n) is 0.830. The van der Waals surface area contributed by atoms with E-state index in [0.29, 0.717) is 11.4 Å². The van der Waals surface area contributed by atoms with Gasteiger partial charge in [0.25, 0.3) is 0 Å². The maximum Gasteiger partial charge on any atom is 0.0589 e. The minimum absolute atomic E-state index is 0.344. The molecule has 1 aromatic rings. The monoisotopic (exact) mass is 171 g/mol. The van der Waals surface area contributed by atoms with Crippen molar-refractivity contribution in [2.45, 2.75) is 19.4 Å². The van der Waals surface area contributed by atoms with Gasteiger partial charge in [0.15, 0.2) is 0 Å². The minimum atomic E-state index is -0.344. The largest absolute Gasteiger partial charge is 0.393 e. The van der Waals surface area contributed by atoms with Crippen molar-refractivity contribution in [1.29, 1.82) is 0 Å². The first-order chi connectivity index (χ1) is 5.18. The van der Waals surface area contributed by atoms with Gasteiger partial charge in [0, 0.05) is 18.3 Å². The van der Waals surface area contributed by atoms with Crippen molar-refractivity contribution in [2.75, 3.05) is 0 Å². The van der Waals surface area contributed by atoms with Gasteiger partial charge in [0.2, 0.25) is 0 Å². The molecule has 0 aliphatic heterocycles. The Bertz CT molecular complexity index is 220.